The smallest absolute Gasteiger partial charge is 0.296 e. The van der Waals surface area contributed by atoms with Gasteiger partial charge in [0.15, 0.2) is 0 Å². The van der Waals surface area contributed by atoms with Gasteiger partial charge in [-0.2, -0.15) is 0 Å². The maximum absolute atomic E-state index is 13.7. The first-order valence-corrected chi connectivity index (χ1v) is 14.8. The number of anilines is 1. The van der Waals surface area contributed by atoms with Crippen molar-refractivity contribution < 1.29 is 13.2 Å². The van der Waals surface area contributed by atoms with Gasteiger partial charge >= 0.3 is 0 Å². The second kappa shape index (κ2) is 9.93. The largest absolute Gasteiger partial charge is 0.349 e. The van der Waals surface area contributed by atoms with Gasteiger partial charge in [-0.1, -0.05) is 36.2 Å². The van der Waals surface area contributed by atoms with Crippen LogP contribution in [0.3, 0.4) is 0 Å². The number of fused-ring (bicyclic) bond motifs is 2. The van der Waals surface area contributed by atoms with Gasteiger partial charge in [0.2, 0.25) is 0 Å². The van der Waals surface area contributed by atoms with E-state index in [2.05, 4.69) is 5.32 Å². The lowest BCUT2D eigenvalue weighted by atomic mass is 9.84. The molecule has 5 rings (SSSR count). The molecule has 38 heavy (non-hydrogen) atoms. The molecule has 0 saturated heterocycles. The van der Waals surface area contributed by atoms with Crippen molar-refractivity contribution in [1.82, 2.24) is 14.7 Å². The number of halogens is 1. The van der Waals surface area contributed by atoms with E-state index in [1.54, 1.807) is 30.8 Å². The molecule has 1 amide bonds. The molecule has 1 aromatic heterocycles. The lowest BCUT2D eigenvalue weighted by Crippen LogP contribution is -2.40. The van der Waals surface area contributed by atoms with E-state index < -0.39 is 21.5 Å². The molecule has 1 N–H and O–H groups in total. The van der Waals surface area contributed by atoms with Crippen LogP contribution >= 0.6 is 11.6 Å². The van der Waals surface area contributed by atoms with Crippen molar-refractivity contribution in [3.63, 3.8) is 0 Å². The molecule has 2 aliphatic rings. The van der Waals surface area contributed by atoms with Gasteiger partial charge in [0.05, 0.1) is 26.9 Å². The molecule has 4 unspecified atom stereocenters. The van der Waals surface area contributed by atoms with E-state index in [4.69, 9.17) is 11.6 Å². The number of sulfonamides is 1. The van der Waals surface area contributed by atoms with Crippen LogP contribution < -0.4 is 15.2 Å². The standard InChI is InChI=1S/C28H33ClN4O4S/c1-17(23-15-19-10-11-20(23)14-19)30-27(34)24-16-22(12-13-25(24)29)38(36,37)32(4)26-18(2)31(3)33(28(26)35)21-8-6-5-7-9-21/h5-9,12-13,16-17,19-20,23H,10-11,14-15H2,1-4H3,(H,30,34). The van der Waals surface area contributed by atoms with Crippen LogP contribution in [0.5, 0.6) is 0 Å². The monoisotopic (exact) mass is 556 g/mol. The average Bonchev–Trinajstić information content (AvgIpc) is 3.58. The predicted octanol–water partition coefficient (Wildman–Crippen LogP) is 4.52. The van der Waals surface area contributed by atoms with Crippen LogP contribution in [0, 0.1) is 24.7 Å². The summed E-state index contributed by atoms with van der Waals surface area (Å²) >= 11 is 6.36. The Morgan fingerprint density at radius 1 is 1.13 bits per heavy atom. The Bertz CT molecular complexity index is 1550. The third-order valence-electron chi connectivity index (χ3n) is 8.47. The van der Waals surface area contributed by atoms with E-state index in [1.807, 2.05) is 25.1 Å². The molecule has 10 heteroatoms. The molecule has 2 bridgehead atoms. The average molecular weight is 557 g/mol. The number of nitrogens with one attached hydrogen (secondary N) is 1. The van der Waals surface area contributed by atoms with E-state index in [0.29, 0.717) is 23.2 Å². The molecule has 2 saturated carbocycles. The van der Waals surface area contributed by atoms with E-state index >= 15 is 0 Å². The highest BCUT2D eigenvalue weighted by atomic mass is 35.5. The Balaban J connectivity index is 1.44. The summed E-state index contributed by atoms with van der Waals surface area (Å²) in [6, 6.07) is 13.1. The van der Waals surface area contributed by atoms with E-state index in [0.717, 1.165) is 16.6 Å². The Labute approximate surface area is 228 Å². The van der Waals surface area contributed by atoms with Crippen LogP contribution in [0.4, 0.5) is 5.69 Å². The van der Waals surface area contributed by atoms with Crippen LogP contribution in [-0.2, 0) is 17.1 Å². The van der Waals surface area contributed by atoms with Gasteiger partial charge in [0, 0.05) is 20.1 Å². The fourth-order valence-electron chi connectivity index (χ4n) is 6.33. The third-order valence-corrected chi connectivity index (χ3v) is 10.6. The van der Waals surface area contributed by atoms with E-state index in [1.165, 1.54) is 49.2 Å². The predicted molar refractivity (Wildman–Crippen MR) is 149 cm³/mol. The molecule has 1 heterocycles. The first-order valence-electron chi connectivity index (χ1n) is 12.9. The molecular formula is C28H33ClN4O4S. The zero-order chi connectivity index (χ0) is 27.4. The minimum absolute atomic E-state index is 0.0276. The van der Waals surface area contributed by atoms with Crippen molar-refractivity contribution in [1.29, 1.82) is 0 Å². The number of para-hydroxylation sites is 1. The summed E-state index contributed by atoms with van der Waals surface area (Å²) in [5.74, 6) is 1.43. The van der Waals surface area contributed by atoms with Crippen LogP contribution in [0.15, 0.2) is 58.2 Å². The molecule has 2 aliphatic carbocycles. The van der Waals surface area contributed by atoms with E-state index in [-0.39, 0.29) is 27.2 Å². The minimum Gasteiger partial charge on any atom is -0.349 e. The van der Waals surface area contributed by atoms with Gasteiger partial charge in [0.1, 0.15) is 5.69 Å². The molecular weight excluding hydrogens is 524 g/mol. The summed E-state index contributed by atoms with van der Waals surface area (Å²) in [5.41, 5.74) is 0.769. The van der Waals surface area contributed by atoms with Gasteiger partial charge in [-0.3, -0.25) is 18.6 Å². The summed E-state index contributed by atoms with van der Waals surface area (Å²) in [6.07, 6.45) is 4.84. The van der Waals surface area contributed by atoms with Gasteiger partial charge in [-0.15, -0.1) is 0 Å². The molecule has 0 aliphatic heterocycles. The summed E-state index contributed by atoms with van der Waals surface area (Å²) in [5, 5.41) is 3.23. The van der Waals surface area contributed by atoms with Crippen LogP contribution in [0.2, 0.25) is 5.02 Å². The Kier molecular flexibility index (Phi) is 6.94. The molecule has 0 spiro atoms. The molecule has 202 valence electrons. The van der Waals surface area contributed by atoms with Crippen LogP contribution in [0.1, 0.15) is 48.7 Å². The summed E-state index contributed by atoms with van der Waals surface area (Å²) < 4.78 is 31.4. The number of hydrogen-bond donors (Lipinski definition) is 1. The van der Waals surface area contributed by atoms with Crippen molar-refractivity contribution in [3.8, 4) is 5.69 Å². The Morgan fingerprint density at radius 3 is 2.47 bits per heavy atom. The second-order valence-electron chi connectivity index (χ2n) is 10.6. The fourth-order valence-corrected chi connectivity index (χ4v) is 7.81. The first-order chi connectivity index (χ1) is 18.0. The zero-order valence-corrected chi connectivity index (χ0v) is 23.6. The highest BCUT2D eigenvalue weighted by Gasteiger charge is 2.42. The number of rotatable bonds is 7. The van der Waals surface area contributed by atoms with Crippen molar-refractivity contribution in [2.75, 3.05) is 11.4 Å². The summed E-state index contributed by atoms with van der Waals surface area (Å²) in [4.78, 5) is 26.5. The maximum atomic E-state index is 13.7. The number of carbonyl (C=O) groups excluding carboxylic acids is 1. The third kappa shape index (κ3) is 4.45. The quantitative estimate of drug-likeness (QED) is 0.463. The number of benzene rings is 2. The van der Waals surface area contributed by atoms with Crippen LogP contribution in [-0.4, -0.2) is 36.8 Å². The lowest BCUT2D eigenvalue weighted by Gasteiger charge is -2.28. The summed E-state index contributed by atoms with van der Waals surface area (Å²) in [7, 11) is -1.13. The molecule has 4 atom stereocenters. The van der Waals surface area contributed by atoms with Crippen molar-refractivity contribution in [3.05, 3.63) is 75.2 Å². The highest BCUT2D eigenvalue weighted by Crippen LogP contribution is 2.49. The van der Waals surface area contributed by atoms with Gasteiger partial charge in [-0.05, 0) is 81.2 Å². The molecule has 2 fully saturated rings. The van der Waals surface area contributed by atoms with E-state index in [9.17, 15) is 18.0 Å². The van der Waals surface area contributed by atoms with Crippen LogP contribution in [0.25, 0.3) is 5.69 Å². The van der Waals surface area contributed by atoms with Gasteiger partial charge in [0.25, 0.3) is 21.5 Å². The normalized spacial score (nSPS) is 21.4. The topological polar surface area (TPSA) is 93.4 Å². The number of amides is 1. The lowest BCUT2D eigenvalue weighted by molar-refractivity contribution is 0.0915. The second-order valence-corrected chi connectivity index (χ2v) is 13.0. The Morgan fingerprint density at radius 2 is 1.84 bits per heavy atom. The number of hydrogen-bond acceptors (Lipinski definition) is 4. The first kappa shape index (κ1) is 26.6. The molecule has 0 radical (unpaired) electrons. The molecule has 8 nitrogen and oxygen atoms in total. The minimum atomic E-state index is -4.18. The maximum Gasteiger partial charge on any atom is 0.296 e. The molecule has 3 aromatic rings. The van der Waals surface area contributed by atoms with Crippen molar-refractivity contribution in [2.45, 2.75) is 50.5 Å². The summed E-state index contributed by atoms with van der Waals surface area (Å²) in [6.45, 7) is 3.71. The zero-order valence-electron chi connectivity index (χ0n) is 22.0. The highest BCUT2D eigenvalue weighted by molar-refractivity contribution is 7.92. The molecule has 2 aromatic carbocycles. The number of carbonyl (C=O) groups is 1. The Hall–Kier alpha value is -3.04. The number of aromatic nitrogens is 2. The van der Waals surface area contributed by atoms with Gasteiger partial charge < -0.3 is 5.32 Å². The van der Waals surface area contributed by atoms with Crippen molar-refractivity contribution in [2.24, 2.45) is 24.8 Å². The fraction of sp³-hybridized carbons (Fsp3) is 0.429. The SMILES string of the molecule is Cc1c(N(C)S(=O)(=O)c2ccc(Cl)c(C(=O)NC(C)C3CC4CCC3C4)c2)c(=O)n(-c2ccccc2)n1C. The van der Waals surface area contributed by atoms with Crippen molar-refractivity contribution >= 4 is 33.2 Å². The number of nitrogens with zero attached hydrogens (tertiary/aromatic N) is 3. The van der Waals surface area contributed by atoms with Gasteiger partial charge in [-0.25, -0.2) is 13.1 Å².